The van der Waals surface area contributed by atoms with Crippen LogP contribution in [0.1, 0.15) is 5.56 Å². The van der Waals surface area contributed by atoms with Gasteiger partial charge in [0.25, 0.3) is 0 Å². The highest BCUT2D eigenvalue weighted by Crippen LogP contribution is 2.27. The fourth-order valence-corrected chi connectivity index (χ4v) is 0.948. The van der Waals surface area contributed by atoms with E-state index < -0.39 is 0 Å². The van der Waals surface area contributed by atoms with Crippen molar-refractivity contribution in [2.75, 3.05) is 7.11 Å². The third-order valence-corrected chi connectivity index (χ3v) is 1.65. The maximum absolute atomic E-state index is 11.9. The number of nitrogens with two attached hydrogens (primary N) is 1. The number of amidine groups is 1. The highest BCUT2D eigenvalue weighted by Gasteiger charge is 2.08. The molecule has 0 saturated carbocycles. The lowest BCUT2D eigenvalue weighted by Crippen LogP contribution is -2.12. The number of nitrogens with zero attached hydrogens (tertiary/aromatic N) is 1. The number of methoxy groups -OCH3 is 1. The molecule has 0 atom stereocenters. The van der Waals surface area contributed by atoms with Crippen LogP contribution in [-0.4, -0.2) is 18.2 Å². The third-order valence-electron chi connectivity index (χ3n) is 1.65. The molecule has 0 spiro atoms. The predicted octanol–water partition coefficient (Wildman–Crippen LogP) is 1.05. The summed E-state index contributed by atoms with van der Waals surface area (Å²) in [5, 5.41) is 11.2. The zero-order valence-corrected chi connectivity index (χ0v) is 7.40. The molecule has 0 heterocycles. The van der Waals surface area contributed by atoms with Gasteiger partial charge in [0.05, 0.1) is 7.11 Å². The largest absolute Gasteiger partial charge is 0.493 e. The quantitative estimate of drug-likeness (QED) is 0.331. The van der Waals surface area contributed by atoms with Crippen LogP contribution in [-0.2, 0) is 0 Å². The minimum atomic E-state index is -0.0892. The SMILES string of the molecule is COc1cc(/C(N)=N/O)ccc1OF. The normalized spacial score (nSPS) is 11.1. The molecule has 5 nitrogen and oxygen atoms in total. The van der Waals surface area contributed by atoms with Crippen LogP contribution in [0.3, 0.4) is 0 Å². The van der Waals surface area contributed by atoms with E-state index in [1.165, 1.54) is 25.3 Å². The van der Waals surface area contributed by atoms with Crippen molar-refractivity contribution in [1.82, 2.24) is 0 Å². The number of hydrogen-bond donors (Lipinski definition) is 2. The van der Waals surface area contributed by atoms with E-state index in [2.05, 4.69) is 10.1 Å². The Balaban J connectivity index is 3.14. The Hall–Kier alpha value is -1.98. The van der Waals surface area contributed by atoms with Gasteiger partial charge in [-0.2, -0.15) is 0 Å². The average Bonchev–Trinajstić information content (AvgIpc) is 2.26. The molecule has 0 fully saturated rings. The second kappa shape index (κ2) is 4.31. The van der Waals surface area contributed by atoms with Crippen LogP contribution in [0.4, 0.5) is 4.53 Å². The number of hydrogen-bond acceptors (Lipinski definition) is 4. The zero-order chi connectivity index (χ0) is 10.6. The smallest absolute Gasteiger partial charge is 0.213 e. The molecule has 0 aliphatic carbocycles. The molecule has 0 amide bonds. The fraction of sp³-hybridized carbons (Fsp3) is 0.125. The number of rotatable bonds is 3. The van der Waals surface area contributed by atoms with Gasteiger partial charge in [-0.25, -0.2) is 0 Å². The Morgan fingerprint density at radius 3 is 2.71 bits per heavy atom. The maximum atomic E-state index is 11.9. The number of halogens is 1. The summed E-state index contributed by atoms with van der Waals surface area (Å²) in [6.45, 7) is 0. The van der Waals surface area contributed by atoms with Gasteiger partial charge in [-0.05, 0) is 18.2 Å². The Morgan fingerprint density at radius 2 is 2.21 bits per heavy atom. The molecule has 0 aliphatic rings. The topological polar surface area (TPSA) is 77.1 Å². The summed E-state index contributed by atoms with van der Waals surface area (Å²) in [5.41, 5.74) is 5.73. The van der Waals surface area contributed by atoms with Crippen molar-refractivity contribution >= 4 is 5.84 Å². The summed E-state index contributed by atoms with van der Waals surface area (Å²) < 4.78 is 16.7. The van der Waals surface area contributed by atoms with Crippen molar-refractivity contribution < 1.29 is 19.4 Å². The summed E-state index contributed by atoms with van der Waals surface area (Å²) in [6.07, 6.45) is 0. The molecule has 1 aromatic carbocycles. The zero-order valence-electron chi connectivity index (χ0n) is 7.40. The monoisotopic (exact) mass is 200 g/mol. The summed E-state index contributed by atoms with van der Waals surface area (Å²) in [5.74, 6) is 0.00676. The van der Waals surface area contributed by atoms with Crippen molar-refractivity contribution in [2.45, 2.75) is 0 Å². The van der Waals surface area contributed by atoms with E-state index in [0.29, 0.717) is 5.56 Å². The molecule has 1 aromatic rings. The Kier molecular flexibility index (Phi) is 3.11. The molecule has 1 rings (SSSR count). The maximum Gasteiger partial charge on any atom is 0.213 e. The first-order chi connectivity index (χ1) is 6.72. The van der Waals surface area contributed by atoms with E-state index in [0.717, 1.165) is 0 Å². The molecule has 3 N–H and O–H groups in total. The highest BCUT2D eigenvalue weighted by atomic mass is 19.3. The van der Waals surface area contributed by atoms with E-state index >= 15 is 0 Å². The second-order valence-electron chi connectivity index (χ2n) is 2.43. The number of oxime groups is 1. The van der Waals surface area contributed by atoms with Crippen LogP contribution in [0.2, 0.25) is 0 Å². The Labute approximate surface area is 79.4 Å². The minimum Gasteiger partial charge on any atom is -0.493 e. The molecule has 0 bridgehead atoms. The molecule has 0 aromatic heterocycles. The molecule has 0 unspecified atom stereocenters. The van der Waals surface area contributed by atoms with Crippen molar-refractivity contribution in [2.24, 2.45) is 10.9 Å². The van der Waals surface area contributed by atoms with Crippen LogP contribution >= 0.6 is 0 Å². The summed E-state index contributed by atoms with van der Waals surface area (Å²) in [4.78, 5) is 3.54. The predicted molar refractivity (Wildman–Crippen MR) is 47.2 cm³/mol. The van der Waals surface area contributed by atoms with Crippen LogP contribution in [0.15, 0.2) is 23.4 Å². The van der Waals surface area contributed by atoms with Gasteiger partial charge in [-0.1, -0.05) is 5.16 Å². The van der Waals surface area contributed by atoms with Gasteiger partial charge >= 0.3 is 0 Å². The van der Waals surface area contributed by atoms with Crippen molar-refractivity contribution in [1.29, 1.82) is 0 Å². The van der Waals surface area contributed by atoms with Crippen molar-refractivity contribution in [3.8, 4) is 11.5 Å². The molecular formula is C8H9FN2O3. The fourth-order valence-electron chi connectivity index (χ4n) is 0.948. The van der Waals surface area contributed by atoms with Gasteiger partial charge in [0, 0.05) is 10.1 Å². The molecule has 0 radical (unpaired) electrons. The van der Waals surface area contributed by atoms with Gasteiger partial charge in [-0.3, -0.25) is 4.94 Å². The van der Waals surface area contributed by atoms with E-state index in [1.807, 2.05) is 0 Å². The minimum absolute atomic E-state index is 0.0676. The number of benzene rings is 1. The highest BCUT2D eigenvalue weighted by molar-refractivity contribution is 5.97. The Morgan fingerprint density at radius 1 is 1.50 bits per heavy atom. The summed E-state index contributed by atoms with van der Waals surface area (Å²) >= 11 is 0. The number of ether oxygens (including phenoxy) is 1. The lowest BCUT2D eigenvalue weighted by molar-refractivity contribution is -0.00896. The summed E-state index contributed by atoms with van der Waals surface area (Å²) in [6, 6.07) is 4.14. The third kappa shape index (κ3) is 1.85. The second-order valence-corrected chi connectivity index (χ2v) is 2.43. The lowest BCUT2D eigenvalue weighted by Gasteiger charge is -2.05. The van der Waals surface area contributed by atoms with Gasteiger partial charge in [-0.15, -0.1) is 0 Å². The van der Waals surface area contributed by atoms with Gasteiger partial charge in [0.2, 0.25) is 5.75 Å². The van der Waals surface area contributed by atoms with E-state index in [-0.39, 0.29) is 17.3 Å². The van der Waals surface area contributed by atoms with Crippen LogP contribution in [0.5, 0.6) is 11.5 Å². The first kappa shape index (κ1) is 10.1. The molecule has 0 aliphatic heterocycles. The molecule has 0 saturated heterocycles. The molecule has 6 heteroatoms. The van der Waals surface area contributed by atoms with Crippen LogP contribution in [0.25, 0.3) is 0 Å². The lowest BCUT2D eigenvalue weighted by atomic mass is 10.2. The standard InChI is InChI=1S/C8H9FN2O3/c1-13-7-4-5(8(10)11-12)2-3-6(7)14-9/h2-4,12H,1H3,(H2,10,11). The van der Waals surface area contributed by atoms with E-state index in [4.69, 9.17) is 15.7 Å². The van der Waals surface area contributed by atoms with Crippen LogP contribution < -0.4 is 15.4 Å². The Bertz CT molecular complexity index is 354. The van der Waals surface area contributed by atoms with Crippen LogP contribution in [0, 0.1) is 0 Å². The molecular weight excluding hydrogens is 191 g/mol. The molecule has 14 heavy (non-hydrogen) atoms. The first-order valence-electron chi connectivity index (χ1n) is 3.67. The van der Waals surface area contributed by atoms with Crippen molar-refractivity contribution in [3.63, 3.8) is 0 Å². The average molecular weight is 200 g/mol. The van der Waals surface area contributed by atoms with Gasteiger partial charge in [0.15, 0.2) is 11.6 Å². The van der Waals surface area contributed by atoms with E-state index in [1.54, 1.807) is 0 Å². The first-order valence-corrected chi connectivity index (χ1v) is 3.67. The van der Waals surface area contributed by atoms with Gasteiger partial charge < -0.3 is 15.7 Å². The molecule has 76 valence electrons. The summed E-state index contributed by atoms with van der Waals surface area (Å²) in [7, 11) is 1.36. The van der Waals surface area contributed by atoms with E-state index in [9.17, 15) is 4.53 Å². The van der Waals surface area contributed by atoms with Crippen molar-refractivity contribution in [3.05, 3.63) is 23.8 Å². The van der Waals surface area contributed by atoms with Gasteiger partial charge in [0.1, 0.15) is 0 Å².